The van der Waals surface area contributed by atoms with Gasteiger partial charge in [-0.2, -0.15) is 0 Å². The molecule has 0 aromatic carbocycles. The minimum Gasteiger partial charge on any atom is -0.345 e. The molecule has 3 rings (SSSR count). The largest absolute Gasteiger partial charge is 0.345 e. The van der Waals surface area contributed by atoms with Crippen molar-refractivity contribution in [1.29, 1.82) is 0 Å². The fourth-order valence-electron chi connectivity index (χ4n) is 2.82. The van der Waals surface area contributed by atoms with Crippen LogP contribution in [0.15, 0.2) is 0 Å². The number of halogens is 3. The zero-order chi connectivity index (χ0) is 15.9. The van der Waals surface area contributed by atoms with E-state index < -0.39 is 24.9 Å². The maximum Gasteiger partial charge on any atom is 0.262 e. The van der Waals surface area contributed by atoms with Crippen molar-refractivity contribution in [2.75, 3.05) is 37.6 Å². The molecule has 2 aliphatic rings. The average Bonchev–Trinajstić information content (AvgIpc) is 3.01. The van der Waals surface area contributed by atoms with E-state index in [9.17, 15) is 13.6 Å². The van der Waals surface area contributed by atoms with Gasteiger partial charge in [0.2, 0.25) is 5.91 Å². The van der Waals surface area contributed by atoms with Gasteiger partial charge in [-0.1, -0.05) is 0 Å². The van der Waals surface area contributed by atoms with Crippen LogP contribution >= 0.6 is 23.7 Å². The number of carbonyl (C=O) groups excluding carboxylic acids is 1. The fourth-order valence-corrected chi connectivity index (χ4v) is 3.78. The van der Waals surface area contributed by atoms with Gasteiger partial charge in [-0.3, -0.25) is 10.1 Å². The van der Waals surface area contributed by atoms with Gasteiger partial charge >= 0.3 is 0 Å². The number of amides is 1. The number of thiazole rings is 1. The van der Waals surface area contributed by atoms with Crippen molar-refractivity contribution < 1.29 is 13.6 Å². The number of aromatic nitrogens is 1. The number of nitrogens with one attached hydrogen (secondary N) is 1. The zero-order valence-corrected chi connectivity index (χ0v) is 14.8. The quantitative estimate of drug-likeness (QED) is 0.867. The first-order valence-corrected chi connectivity index (χ1v) is 8.26. The van der Waals surface area contributed by atoms with E-state index >= 15 is 0 Å². The van der Waals surface area contributed by atoms with E-state index in [1.54, 1.807) is 16.2 Å². The minimum atomic E-state index is -2.77. The summed E-state index contributed by atoms with van der Waals surface area (Å²) in [6, 6.07) is -0.745. The van der Waals surface area contributed by atoms with Gasteiger partial charge < -0.3 is 9.80 Å². The zero-order valence-electron chi connectivity index (χ0n) is 13.1. The van der Waals surface area contributed by atoms with Crippen LogP contribution in [0, 0.1) is 13.8 Å². The molecule has 0 bridgehead atoms. The third-order valence-corrected chi connectivity index (χ3v) is 5.42. The molecular weight excluding hydrogens is 346 g/mol. The first-order chi connectivity index (χ1) is 10.4. The number of hydrogen-bond acceptors (Lipinski definition) is 5. The Labute approximate surface area is 144 Å². The summed E-state index contributed by atoms with van der Waals surface area (Å²) in [7, 11) is 0. The molecule has 9 heteroatoms. The lowest BCUT2D eigenvalue weighted by Crippen LogP contribution is -2.53. The highest BCUT2D eigenvalue weighted by molar-refractivity contribution is 7.15. The highest BCUT2D eigenvalue weighted by atomic mass is 35.5. The number of anilines is 1. The van der Waals surface area contributed by atoms with Crippen LogP contribution in [0.4, 0.5) is 13.9 Å². The van der Waals surface area contributed by atoms with E-state index in [1.165, 1.54) is 4.88 Å². The second-order valence-corrected chi connectivity index (χ2v) is 7.13. The molecule has 2 aliphatic heterocycles. The van der Waals surface area contributed by atoms with Gasteiger partial charge in [0.15, 0.2) is 5.13 Å². The van der Waals surface area contributed by atoms with Crippen LogP contribution in [0.1, 0.15) is 17.0 Å². The van der Waals surface area contributed by atoms with Crippen LogP contribution in [-0.2, 0) is 4.79 Å². The average molecular weight is 367 g/mol. The van der Waals surface area contributed by atoms with Gasteiger partial charge in [-0.25, -0.2) is 13.8 Å². The van der Waals surface area contributed by atoms with Gasteiger partial charge in [0.25, 0.3) is 5.92 Å². The summed E-state index contributed by atoms with van der Waals surface area (Å²) in [6.07, 6.45) is -0.392. The van der Waals surface area contributed by atoms with Crippen LogP contribution in [0.2, 0.25) is 0 Å². The number of rotatable bonds is 2. The fraction of sp³-hybridized carbons (Fsp3) is 0.714. The molecule has 0 aliphatic carbocycles. The van der Waals surface area contributed by atoms with Gasteiger partial charge in [0.05, 0.1) is 18.3 Å². The third kappa shape index (κ3) is 3.92. The molecule has 1 amide bonds. The van der Waals surface area contributed by atoms with Crippen LogP contribution < -0.4 is 10.2 Å². The molecule has 130 valence electrons. The summed E-state index contributed by atoms with van der Waals surface area (Å²) in [5.74, 6) is -2.97. The molecule has 1 unspecified atom stereocenters. The smallest absolute Gasteiger partial charge is 0.262 e. The summed E-state index contributed by atoms with van der Waals surface area (Å²) >= 11 is 1.66. The number of alkyl halides is 2. The Hall–Kier alpha value is -0.990. The number of hydrogen-bond donors (Lipinski definition) is 1. The van der Waals surface area contributed by atoms with Crippen molar-refractivity contribution in [2.45, 2.75) is 32.2 Å². The van der Waals surface area contributed by atoms with Crippen molar-refractivity contribution in [1.82, 2.24) is 15.2 Å². The molecule has 0 saturated carbocycles. The lowest BCUT2D eigenvalue weighted by molar-refractivity contribution is -0.134. The predicted octanol–water partition coefficient (Wildman–Crippen LogP) is 1.83. The van der Waals surface area contributed by atoms with Gasteiger partial charge in [0.1, 0.15) is 0 Å². The second-order valence-electron chi connectivity index (χ2n) is 5.94. The molecule has 3 heterocycles. The van der Waals surface area contributed by atoms with E-state index in [0.717, 1.165) is 10.8 Å². The molecule has 1 N–H and O–H groups in total. The van der Waals surface area contributed by atoms with Gasteiger partial charge in [-0.15, -0.1) is 23.7 Å². The van der Waals surface area contributed by atoms with Crippen LogP contribution in [-0.4, -0.2) is 60.5 Å². The van der Waals surface area contributed by atoms with E-state index in [0.29, 0.717) is 26.2 Å². The predicted molar refractivity (Wildman–Crippen MR) is 89.0 cm³/mol. The highest BCUT2D eigenvalue weighted by Crippen LogP contribution is 2.28. The molecule has 5 nitrogen and oxygen atoms in total. The van der Waals surface area contributed by atoms with Crippen molar-refractivity contribution in [3.63, 3.8) is 0 Å². The van der Waals surface area contributed by atoms with Crippen LogP contribution in [0.5, 0.6) is 0 Å². The standard InChI is InChI=1S/C14H20F2N4OS.ClH/c1-9-10(2)22-13(18-9)20-5-3-19(4-6-20)12(21)11-7-14(15,16)8-17-11;/h11,17H,3-8H2,1-2H3;1H. The first-order valence-electron chi connectivity index (χ1n) is 7.45. The Kier molecular flexibility index (Phi) is 5.48. The number of carbonyl (C=O) groups is 1. The van der Waals surface area contributed by atoms with E-state index in [-0.39, 0.29) is 18.3 Å². The number of nitrogens with zero attached hydrogens (tertiary/aromatic N) is 3. The van der Waals surface area contributed by atoms with Crippen molar-refractivity contribution in [3.05, 3.63) is 10.6 Å². The maximum atomic E-state index is 13.2. The lowest BCUT2D eigenvalue weighted by atomic mass is 10.1. The topological polar surface area (TPSA) is 48.5 Å². The van der Waals surface area contributed by atoms with Crippen LogP contribution in [0.25, 0.3) is 0 Å². The summed E-state index contributed by atoms with van der Waals surface area (Å²) in [5.41, 5.74) is 1.04. The van der Waals surface area contributed by atoms with Crippen molar-refractivity contribution >= 4 is 34.8 Å². The molecule has 1 aromatic heterocycles. The highest BCUT2D eigenvalue weighted by Gasteiger charge is 2.43. The van der Waals surface area contributed by atoms with Crippen molar-refractivity contribution in [3.8, 4) is 0 Å². The Morgan fingerprint density at radius 3 is 2.43 bits per heavy atom. The number of piperazine rings is 1. The summed E-state index contributed by atoms with van der Waals surface area (Å²) in [5, 5.41) is 3.61. The molecular formula is C14H21ClF2N4OS. The van der Waals surface area contributed by atoms with Crippen LogP contribution in [0.3, 0.4) is 0 Å². The second kappa shape index (κ2) is 6.86. The van der Waals surface area contributed by atoms with Gasteiger partial charge in [-0.05, 0) is 13.8 Å². The molecule has 1 atom stereocenters. The molecule has 0 radical (unpaired) electrons. The molecule has 2 fully saturated rings. The molecule has 0 spiro atoms. The van der Waals surface area contributed by atoms with E-state index in [1.807, 2.05) is 13.8 Å². The summed E-state index contributed by atoms with van der Waals surface area (Å²) < 4.78 is 26.4. The summed E-state index contributed by atoms with van der Waals surface area (Å²) in [4.78, 5) is 21.9. The SMILES string of the molecule is Cc1nc(N2CCN(C(=O)C3CC(F)(F)CN3)CC2)sc1C.Cl. The van der Waals surface area contributed by atoms with E-state index in [4.69, 9.17) is 0 Å². The maximum absolute atomic E-state index is 13.2. The molecule has 23 heavy (non-hydrogen) atoms. The molecule has 1 aromatic rings. The third-order valence-electron chi connectivity index (χ3n) is 4.29. The Balaban J connectivity index is 0.00000192. The monoisotopic (exact) mass is 366 g/mol. The minimum absolute atomic E-state index is 0. The first kappa shape index (κ1) is 18.4. The van der Waals surface area contributed by atoms with E-state index in [2.05, 4.69) is 15.2 Å². The van der Waals surface area contributed by atoms with Crippen molar-refractivity contribution in [2.24, 2.45) is 0 Å². The summed E-state index contributed by atoms with van der Waals surface area (Å²) in [6.45, 7) is 6.13. The Morgan fingerprint density at radius 2 is 1.96 bits per heavy atom. The lowest BCUT2D eigenvalue weighted by Gasteiger charge is -2.35. The Bertz CT molecular complexity index is 556. The number of aryl methyl sites for hydroxylation is 2. The normalized spacial score (nSPS) is 23.7. The molecule has 2 saturated heterocycles. The van der Waals surface area contributed by atoms with Gasteiger partial charge in [0, 0.05) is 37.5 Å². The Morgan fingerprint density at radius 1 is 1.30 bits per heavy atom.